The minimum atomic E-state index is -0.144. The fourth-order valence-electron chi connectivity index (χ4n) is 2.03. The number of amides is 1. The largest absolute Gasteiger partial charge is 0.320 e. The van der Waals surface area contributed by atoms with Crippen LogP contribution in [-0.4, -0.2) is 10.3 Å². The van der Waals surface area contributed by atoms with E-state index in [1.807, 2.05) is 20.8 Å². The summed E-state index contributed by atoms with van der Waals surface area (Å²) in [5.74, 6) is -0.144. The number of carbonyl (C=O) groups excluding carboxylic acids is 1. The normalized spacial score (nSPS) is 10.4. The Bertz CT molecular complexity index is 579. The Morgan fingerprint density at radius 3 is 2.22 bits per heavy atom. The van der Waals surface area contributed by atoms with Crippen LogP contribution < -0.4 is 5.32 Å². The minimum Gasteiger partial charge on any atom is -0.320 e. The van der Waals surface area contributed by atoms with Crippen molar-refractivity contribution in [2.75, 3.05) is 5.32 Å². The number of nitrogens with one attached hydrogen (secondary N) is 1. The fraction of sp³-hybridized carbons (Fsp3) is 0.286. The first kappa shape index (κ1) is 12.8. The topological polar surface area (TPSA) is 42.0 Å². The van der Waals surface area contributed by atoms with Gasteiger partial charge >= 0.3 is 0 Å². The van der Waals surface area contributed by atoms with Crippen molar-refractivity contribution < 1.29 is 4.79 Å². The molecule has 0 saturated carbocycles. The Morgan fingerprint density at radius 1 is 1.11 bits per heavy atom. The lowest BCUT2D eigenvalue weighted by Gasteiger charge is -2.11. The molecule has 0 radical (unpaired) electrons. The summed E-state index contributed by atoms with van der Waals surface area (Å²) >= 11 is 1.34. The molecule has 0 bridgehead atoms. The van der Waals surface area contributed by atoms with Crippen molar-refractivity contribution >= 4 is 23.1 Å². The highest BCUT2D eigenvalue weighted by atomic mass is 32.1. The number of anilines is 1. The van der Waals surface area contributed by atoms with Crippen LogP contribution in [0.2, 0.25) is 0 Å². The monoisotopic (exact) mass is 260 g/mol. The molecule has 1 aromatic heterocycles. The van der Waals surface area contributed by atoms with Gasteiger partial charge in [-0.3, -0.25) is 4.79 Å². The molecule has 0 aliphatic heterocycles. The summed E-state index contributed by atoms with van der Waals surface area (Å²) in [5, 5.41) is 2.94. The van der Waals surface area contributed by atoms with Crippen molar-refractivity contribution in [1.29, 1.82) is 0 Å². The molecule has 2 rings (SSSR count). The van der Waals surface area contributed by atoms with E-state index in [1.165, 1.54) is 17.1 Å². The van der Waals surface area contributed by atoms with Gasteiger partial charge in [-0.2, -0.15) is 4.37 Å². The number of hydrogen-bond acceptors (Lipinski definition) is 3. The third-order valence-corrected chi connectivity index (χ3v) is 3.47. The molecule has 1 heterocycles. The SMILES string of the molecule is Cc1cc(C)c(NC(=O)c2cc(C)sn2)c(C)c1. The molecule has 3 nitrogen and oxygen atoms in total. The van der Waals surface area contributed by atoms with Gasteiger partial charge in [0, 0.05) is 10.6 Å². The molecule has 0 aliphatic rings. The smallest absolute Gasteiger partial charge is 0.275 e. The van der Waals surface area contributed by atoms with Crippen LogP contribution in [0.5, 0.6) is 0 Å². The Hall–Kier alpha value is -1.68. The van der Waals surface area contributed by atoms with E-state index in [1.54, 1.807) is 6.07 Å². The zero-order chi connectivity index (χ0) is 13.3. The van der Waals surface area contributed by atoms with Gasteiger partial charge < -0.3 is 5.32 Å². The van der Waals surface area contributed by atoms with Gasteiger partial charge in [-0.25, -0.2) is 0 Å². The average molecular weight is 260 g/mol. The molecular weight excluding hydrogens is 244 g/mol. The number of carbonyl (C=O) groups is 1. The molecule has 94 valence electrons. The van der Waals surface area contributed by atoms with Crippen LogP contribution in [0.3, 0.4) is 0 Å². The van der Waals surface area contributed by atoms with Crippen molar-refractivity contribution in [2.24, 2.45) is 0 Å². The molecule has 0 atom stereocenters. The number of aryl methyl sites for hydroxylation is 4. The number of benzene rings is 1. The fourth-order valence-corrected chi connectivity index (χ4v) is 2.57. The maximum atomic E-state index is 12.0. The van der Waals surface area contributed by atoms with Crippen LogP contribution in [0, 0.1) is 27.7 Å². The van der Waals surface area contributed by atoms with E-state index >= 15 is 0 Å². The highest BCUT2D eigenvalue weighted by Gasteiger charge is 2.12. The van der Waals surface area contributed by atoms with E-state index in [0.29, 0.717) is 5.69 Å². The van der Waals surface area contributed by atoms with Crippen molar-refractivity contribution in [3.8, 4) is 0 Å². The van der Waals surface area contributed by atoms with Crippen LogP contribution in [0.15, 0.2) is 18.2 Å². The molecule has 1 aromatic carbocycles. The van der Waals surface area contributed by atoms with Gasteiger partial charge in [0.05, 0.1) is 0 Å². The maximum absolute atomic E-state index is 12.0. The summed E-state index contributed by atoms with van der Waals surface area (Å²) in [5.41, 5.74) is 4.72. The molecule has 0 unspecified atom stereocenters. The second-order valence-corrected chi connectivity index (χ2v) is 5.56. The molecule has 0 aliphatic carbocycles. The number of rotatable bonds is 2. The molecule has 0 saturated heterocycles. The molecule has 4 heteroatoms. The van der Waals surface area contributed by atoms with Gasteiger partial charge in [-0.1, -0.05) is 17.7 Å². The van der Waals surface area contributed by atoms with E-state index < -0.39 is 0 Å². The second kappa shape index (κ2) is 4.90. The first-order valence-corrected chi connectivity index (χ1v) is 6.57. The third kappa shape index (κ3) is 2.59. The lowest BCUT2D eigenvalue weighted by molar-refractivity contribution is 0.102. The van der Waals surface area contributed by atoms with Gasteiger partial charge in [0.15, 0.2) is 0 Å². The number of aromatic nitrogens is 1. The number of hydrogen-bond donors (Lipinski definition) is 1. The van der Waals surface area contributed by atoms with Crippen molar-refractivity contribution in [1.82, 2.24) is 4.37 Å². The van der Waals surface area contributed by atoms with E-state index in [9.17, 15) is 4.79 Å². The molecule has 1 N–H and O–H groups in total. The highest BCUT2D eigenvalue weighted by Crippen LogP contribution is 2.22. The second-order valence-electron chi connectivity index (χ2n) is 4.55. The zero-order valence-corrected chi connectivity index (χ0v) is 11.8. The first-order chi connectivity index (χ1) is 8.47. The van der Waals surface area contributed by atoms with Crippen molar-refractivity contribution in [3.63, 3.8) is 0 Å². The van der Waals surface area contributed by atoms with Gasteiger partial charge in [-0.15, -0.1) is 0 Å². The molecule has 1 amide bonds. The summed E-state index contributed by atoms with van der Waals surface area (Å²) in [6, 6.07) is 5.93. The lowest BCUT2D eigenvalue weighted by Crippen LogP contribution is -2.14. The summed E-state index contributed by atoms with van der Waals surface area (Å²) in [7, 11) is 0. The van der Waals surface area contributed by atoms with Crippen LogP contribution in [0.4, 0.5) is 5.69 Å². The highest BCUT2D eigenvalue weighted by molar-refractivity contribution is 7.05. The molecular formula is C14H16N2OS. The molecule has 0 fully saturated rings. The van der Waals surface area contributed by atoms with Gasteiger partial charge in [0.1, 0.15) is 5.69 Å². The van der Waals surface area contributed by atoms with E-state index in [2.05, 4.69) is 28.7 Å². The van der Waals surface area contributed by atoms with E-state index in [-0.39, 0.29) is 5.91 Å². The van der Waals surface area contributed by atoms with Crippen LogP contribution in [0.25, 0.3) is 0 Å². The number of nitrogens with zero attached hydrogens (tertiary/aromatic N) is 1. The Balaban J connectivity index is 2.27. The molecule has 0 spiro atoms. The summed E-state index contributed by atoms with van der Waals surface area (Å²) in [4.78, 5) is 13.1. The quantitative estimate of drug-likeness (QED) is 0.896. The van der Waals surface area contributed by atoms with Crippen molar-refractivity contribution in [2.45, 2.75) is 27.7 Å². The van der Waals surface area contributed by atoms with E-state index in [4.69, 9.17) is 0 Å². The summed E-state index contributed by atoms with van der Waals surface area (Å²) in [6.07, 6.45) is 0. The molecule has 18 heavy (non-hydrogen) atoms. The predicted octanol–water partition coefficient (Wildman–Crippen LogP) is 3.63. The third-order valence-electron chi connectivity index (χ3n) is 2.78. The lowest BCUT2D eigenvalue weighted by atomic mass is 10.1. The van der Waals surface area contributed by atoms with Crippen LogP contribution >= 0.6 is 11.5 Å². The zero-order valence-electron chi connectivity index (χ0n) is 11.0. The summed E-state index contributed by atoms with van der Waals surface area (Å²) in [6.45, 7) is 8.00. The van der Waals surface area contributed by atoms with E-state index in [0.717, 1.165) is 21.7 Å². The standard InChI is InChI=1S/C14H16N2OS/c1-8-5-9(2)13(10(3)6-8)15-14(17)12-7-11(4)18-16-12/h5-7H,1-4H3,(H,15,17). The van der Waals surface area contributed by atoms with Crippen LogP contribution in [-0.2, 0) is 0 Å². The van der Waals surface area contributed by atoms with Gasteiger partial charge in [0.2, 0.25) is 0 Å². The predicted molar refractivity (Wildman–Crippen MR) is 75.5 cm³/mol. The van der Waals surface area contributed by atoms with Crippen LogP contribution in [0.1, 0.15) is 32.1 Å². The van der Waals surface area contributed by atoms with Gasteiger partial charge in [-0.05, 0) is 56.4 Å². The first-order valence-electron chi connectivity index (χ1n) is 5.80. The molecule has 2 aromatic rings. The Kier molecular flexibility index (Phi) is 3.48. The maximum Gasteiger partial charge on any atom is 0.275 e. The summed E-state index contributed by atoms with van der Waals surface area (Å²) < 4.78 is 4.12. The van der Waals surface area contributed by atoms with Gasteiger partial charge in [0.25, 0.3) is 5.91 Å². The minimum absolute atomic E-state index is 0.144. The Morgan fingerprint density at radius 2 is 1.72 bits per heavy atom. The average Bonchev–Trinajstić information content (AvgIpc) is 2.70. The Labute approximate surface area is 111 Å². The van der Waals surface area contributed by atoms with Crippen molar-refractivity contribution in [3.05, 3.63) is 45.5 Å².